The van der Waals surface area contributed by atoms with Gasteiger partial charge in [0.05, 0.1) is 19.7 Å². The predicted molar refractivity (Wildman–Crippen MR) is 127 cm³/mol. The second kappa shape index (κ2) is 11.0. The lowest BCUT2D eigenvalue weighted by atomic mass is 9.93. The van der Waals surface area contributed by atoms with Crippen LogP contribution >= 0.6 is 0 Å². The summed E-state index contributed by atoms with van der Waals surface area (Å²) < 4.78 is 31.2. The van der Waals surface area contributed by atoms with Crippen LogP contribution in [0.15, 0.2) is 42.6 Å². The number of pyridine rings is 1. The summed E-state index contributed by atoms with van der Waals surface area (Å²) in [5, 5.41) is 3.67. The van der Waals surface area contributed by atoms with Crippen molar-refractivity contribution in [1.29, 1.82) is 0 Å². The van der Waals surface area contributed by atoms with E-state index in [9.17, 15) is 9.18 Å². The normalized spacial score (nSPS) is 12.8. The summed E-state index contributed by atoms with van der Waals surface area (Å²) in [5.41, 5.74) is 0.942. The molecule has 176 valence electrons. The first kappa shape index (κ1) is 24.3. The van der Waals surface area contributed by atoms with Crippen LogP contribution in [0.5, 0.6) is 23.0 Å². The van der Waals surface area contributed by atoms with Gasteiger partial charge in [-0.3, -0.25) is 9.78 Å². The fraction of sp³-hybridized carbons (Fsp3) is 0.385. The predicted octanol–water partition coefficient (Wildman–Crippen LogP) is 6.13. The van der Waals surface area contributed by atoms with Crippen molar-refractivity contribution in [3.63, 3.8) is 0 Å². The highest BCUT2D eigenvalue weighted by atomic mass is 19.1. The van der Waals surface area contributed by atoms with Gasteiger partial charge < -0.3 is 19.5 Å². The van der Waals surface area contributed by atoms with Gasteiger partial charge in [-0.05, 0) is 49.6 Å². The molecular weight excluding hydrogens is 423 g/mol. The topological polar surface area (TPSA) is 69.7 Å². The smallest absolute Gasteiger partial charge is 0.251 e. The maximum atomic E-state index is 14.6. The first-order chi connectivity index (χ1) is 15.9. The highest BCUT2D eigenvalue weighted by Gasteiger charge is 2.19. The summed E-state index contributed by atoms with van der Waals surface area (Å²) in [6.45, 7) is 6.26. The Morgan fingerprint density at radius 3 is 2.42 bits per heavy atom. The van der Waals surface area contributed by atoms with Crippen LogP contribution in [0.25, 0.3) is 10.9 Å². The summed E-state index contributed by atoms with van der Waals surface area (Å²) in [4.78, 5) is 17.2. The number of carbonyl (C=O) groups excluding carboxylic acids is 1. The van der Waals surface area contributed by atoms with Gasteiger partial charge in [-0.2, -0.15) is 0 Å². The van der Waals surface area contributed by atoms with E-state index in [1.165, 1.54) is 25.3 Å². The Bertz CT molecular complexity index is 1120. The number of fused-ring (bicyclic) bond motifs is 1. The third-order valence-corrected chi connectivity index (χ3v) is 5.87. The van der Waals surface area contributed by atoms with Gasteiger partial charge in [0.1, 0.15) is 5.75 Å². The number of aromatic nitrogens is 1. The summed E-state index contributed by atoms with van der Waals surface area (Å²) in [7, 11) is 3.08. The molecule has 0 aliphatic carbocycles. The minimum atomic E-state index is -0.567. The highest BCUT2D eigenvalue weighted by molar-refractivity contribution is 5.95. The Morgan fingerprint density at radius 1 is 1.03 bits per heavy atom. The van der Waals surface area contributed by atoms with E-state index in [0.29, 0.717) is 39.6 Å². The second-order valence-corrected chi connectivity index (χ2v) is 8.00. The van der Waals surface area contributed by atoms with Crippen LogP contribution in [-0.2, 0) is 0 Å². The fourth-order valence-electron chi connectivity index (χ4n) is 3.96. The summed E-state index contributed by atoms with van der Waals surface area (Å²) in [5.74, 6) is 0.948. The zero-order chi connectivity index (χ0) is 24.0. The first-order valence-corrected chi connectivity index (χ1v) is 11.2. The van der Waals surface area contributed by atoms with E-state index in [2.05, 4.69) is 24.1 Å². The molecule has 6 nitrogen and oxygen atoms in total. The molecule has 0 spiro atoms. The number of ether oxygens (including phenoxy) is 3. The molecule has 3 rings (SSSR count). The third-order valence-electron chi connectivity index (χ3n) is 5.87. The van der Waals surface area contributed by atoms with E-state index in [4.69, 9.17) is 14.2 Å². The van der Waals surface area contributed by atoms with Gasteiger partial charge in [0.15, 0.2) is 23.1 Å². The highest BCUT2D eigenvalue weighted by Crippen LogP contribution is 2.37. The van der Waals surface area contributed by atoms with Crippen molar-refractivity contribution in [2.45, 2.75) is 46.1 Å². The lowest BCUT2D eigenvalue weighted by molar-refractivity contribution is 0.0924. The van der Waals surface area contributed by atoms with Crippen LogP contribution in [0.2, 0.25) is 0 Å². The first-order valence-electron chi connectivity index (χ1n) is 11.2. The number of nitrogens with zero attached hydrogens (tertiary/aromatic N) is 1. The van der Waals surface area contributed by atoms with Gasteiger partial charge >= 0.3 is 0 Å². The molecule has 1 unspecified atom stereocenters. The Morgan fingerprint density at radius 2 is 1.76 bits per heavy atom. The summed E-state index contributed by atoms with van der Waals surface area (Å²) in [6.07, 6.45) is 4.65. The van der Waals surface area contributed by atoms with Crippen molar-refractivity contribution in [3.8, 4) is 23.0 Å². The zero-order valence-corrected chi connectivity index (χ0v) is 19.8. The molecule has 0 saturated carbocycles. The molecule has 0 bridgehead atoms. The molecule has 3 aromatic rings. The number of amides is 1. The Balaban J connectivity index is 1.89. The molecule has 0 fully saturated rings. The Hall–Kier alpha value is -3.35. The molecule has 1 heterocycles. The van der Waals surface area contributed by atoms with Crippen molar-refractivity contribution in [2.75, 3.05) is 14.2 Å². The molecule has 0 radical (unpaired) electrons. The average Bonchev–Trinajstić information content (AvgIpc) is 2.82. The molecule has 1 N–H and O–H groups in total. The maximum absolute atomic E-state index is 14.6. The van der Waals surface area contributed by atoms with E-state index in [1.807, 2.05) is 6.92 Å². The lowest BCUT2D eigenvalue weighted by Gasteiger charge is -2.23. The van der Waals surface area contributed by atoms with Crippen LogP contribution in [0, 0.1) is 11.7 Å². The van der Waals surface area contributed by atoms with Crippen LogP contribution in [0.1, 0.15) is 50.4 Å². The standard InChI is InChI=1S/C26H31FN2O4/c1-6-8-17(7-2)16(3)29-26(30)18-9-10-20(27)23(13-18)33-22-11-12-28-21-15-25(32-5)24(31-4)14-19(21)22/h9-17H,6-8H2,1-5H3,(H,29,30)/t16-,17?/m1/s1. The fourth-order valence-corrected chi connectivity index (χ4v) is 3.96. The number of halogens is 1. The van der Waals surface area contributed by atoms with Crippen molar-refractivity contribution < 1.29 is 23.4 Å². The molecule has 1 aromatic heterocycles. The number of rotatable bonds is 10. The molecule has 0 saturated heterocycles. The van der Waals surface area contributed by atoms with Gasteiger partial charge in [-0.15, -0.1) is 0 Å². The monoisotopic (exact) mass is 454 g/mol. The molecule has 1 amide bonds. The van der Waals surface area contributed by atoms with Crippen LogP contribution in [-0.4, -0.2) is 31.2 Å². The van der Waals surface area contributed by atoms with Gasteiger partial charge in [-0.1, -0.05) is 26.7 Å². The van der Waals surface area contributed by atoms with E-state index >= 15 is 0 Å². The third kappa shape index (κ3) is 5.53. The minimum absolute atomic E-state index is 0.0171. The zero-order valence-electron chi connectivity index (χ0n) is 19.8. The number of hydrogen-bond donors (Lipinski definition) is 1. The lowest BCUT2D eigenvalue weighted by Crippen LogP contribution is -2.37. The van der Waals surface area contributed by atoms with Gasteiger partial charge in [0.25, 0.3) is 5.91 Å². The number of methoxy groups -OCH3 is 2. The SMILES string of the molecule is CCCC(CC)[C@@H](C)NC(=O)c1ccc(F)c(Oc2ccnc3cc(OC)c(OC)cc23)c1. The van der Waals surface area contributed by atoms with Crippen LogP contribution in [0.4, 0.5) is 4.39 Å². The molecule has 0 aliphatic heterocycles. The Kier molecular flexibility index (Phi) is 8.09. The van der Waals surface area contributed by atoms with E-state index in [1.54, 1.807) is 31.5 Å². The number of hydrogen-bond acceptors (Lipinski definition) is 5. The maximum Gasteiger partial charge on any atom is 0.251 e. The molecular formula is C26H31FN2O4. The number of nitrogens with one attached hydrogen (secondary N) is 1. The van der Waals surface area contributed by atoms with Crippen LogP contribution in [0.3, 0.4) is 0 Å². The van der Waals surface area contributed by atoms with Crippen molar-refractivity contribution in [3.05, 3.63) is 54.0 Å². The van der Waals surface area contributed by atoms with Gasteiger partial charge in [0, 0.05) is 29.3 Å². The minimum Gasteiger partial charge on any atom is -0.493 e. The average molecular weight is 455 g/mol. The summed E-state index contributed by atoms with van der Waals surface area (Å²) >= 11 is 0. The van der Waals surface area contributed by atoms with Gasteiger partial charge in [0.2, 0.25) is 0 Å². The summed E-state index contributed by atoms with van der Waals surface area (Å²) in [6, 6.07) is 9.23. The van der Waals surface area contributed by atoms with Crippen LogP contribution < -0.4 is 19.5 Å². The van der Waals surface area contributed by atoms with E-state index in [0.717, 1.165) is 19.3 Å². The number of benzene rings is 2. The largest absolute Gasteiger partial charge is 0.493 e. The Labute approximate surface area is 194 Å². The molecule has 2 atom stereocenters. The number of carbonyl (C=O) groups is 1. The van der Waals surface area contributed by atoms with Gasteiger partial charge in [-0.25, -0.2) is 4.39 Å². The van der Waals surface area contributed by atoms with Crippen molar-refractivity contribution in [1.82, 2.24) is 10.3 Å². The van der Waals surface area contributed by atoms with E-state index in [-0.39, 0.29) is 17.7 Å². The molecule has 2 aromatic carbocycles. The van der Waals surface area contributed by atoms with Crippen molar-refractivity contribution in [2.24, 2.45) is 5.92 Å². The molecule has 0 aliphatic rings. The van der Waals surface area contributed by atoms with E-state index < -0.39 is 5.82 Å². The second-order valence-electron chi connectivity index (χ2n) is 8.00. The molecule has 7 heteroatoms. The quantitative estimate of drug-likeness (QED) is 0.399. The molecule has 33 heavy (non-hydrogen) atoms. The van der Waals surface area contributed by atoms with Crippen molar-refractivity contribution >= 4 is 16.8 Å².